The van der Waals surface area contributed by atoms with E-state index in [-0.39, 0.29) is 12.5 Å². The fourth-order valence-corrected chi connectivity index (χ4v) is 1.89. The van der Waals surface area contributed by atoms with Crippen molar-refractivity contribution in [1.82, 2.24) is 5.32 Å². The maximum atomic E-state index is 11.2. The van der Waals surface area contributed by atoms with Crippen molar-refractivity contribution >= 4 is 21.8 Å². The zero-order valence-corrected chi connectivity index (χ0v) is 11.3. The fraction of sp³-hybridized carbons (Fsp3) is 0.417. The second kappa shape index (κ2) is 7.29. The van der Waals surface area contributed by atoms with E-state index >= 15 is 0 Å². The summed E-state index contributed by atoms with van der Waals surface area (Å²) in [6, 6.07) is 5.44. The number of carbonyl (C=O) groups is 1. The third-order valence-electron chi connectivity index (χ3n) is 2.17. The molecular weight excluding hydrogens is 286 g/mol. The molecule has 2 N–H and O–H groups in total. The van der Waals surface area contributed by atoms with Gasteiger partial charge < -0.3 is 15.2 Å². The molecule has 0 bridgehead atoms. The van der Waals surface area contributed by atoms with Crippen LogP contribution in [0.25, 0.3) is 0 Å². The van der Waals surface area contributed by atoms with Gasteiger partial charge >= 0.3 is 0 Å². The van der Waals surface area contributed by atoms with Gasteiger partial charge in [-0.2, -0.15) is 0 Å². The maximum Gasteiger partial charge on any atom is 0.223 e. The van der Waals surface area contributed by atoms with Gasteiger partial charge in [-0.1, -0.05) is 12.1 Å². The standard InChI is InChI=1S/C12H16BrNO3/c1-2-14-11(16)6-7-17-12-9(8-15)4-3-5-10(12)13/h3-5,15H,2,6-8H2,1H3,(H,14,16). The van der Waals surface area contributed by atoms with Gasteiger partial charge in [0.05, 0.1) is 24.1 Å². The lowest BCUT2D eigenvalue weighted by atomic mass is 10.2. The number of aliphatic hydroxyl groups is 1. The molecule has 17 heavy (non-hydrogen) atoms. The summed E-state index contributed by atoms with van der Waals surface area (Å²) in [4.78, 5) is 11.2. The Morgan fingerprint density at radius 3 is 2.94 bits per heavy atom. The molecule has 0 radical (unpaired) electrons. The van der Waals surface area contributed by atoms with Gasteiger partial charge in [-0.15, -0.1) is 0 Å². The predicted octanol–water partition coefficient (Wildman–Crippen LogP) is 1.85. The Bertz CT molecular complexity index is 382. The highest BCUT2D eigenvalue weighted by Gasteiger charge is 2.08. The number of para-hydroxylation sites is 1. The third kappa shape index (κ3) is 4.36. The van der Waals surface area contributed by atoms with E-state index < -0.39 is 0 Å². The van der Waals surface area contributed by atoms with Gasteiger partial charge in [-0.25, -0.2) is 0 Å². The molecule has 0 saturated carbocycles. The summed E-state index contributed by atoms with van der Waals surface area (Å²) in [5.41, 5.74) is 0.704. The molecule has 1 aromatic rings. The summed E-state index contributed by atoms with van der Waals surface area (Å²) in [7, 11) is 0. The van der Waals surface area contributed by atoms with E-state index in [1.807, 2.05) is 19.1 Å². The SMILES string of the molecule is CCNC(=O)CCOc1c(Br)cccc1CO. The fourth-order valence-electron chi connectivity index (χ4n) is 1.37. The molecule has 0 aromatic heterocycles. The average molecular weight is 302 g/mol. The number of aliphatic hydroxyl groups excluding tert-OH is 1. The summed E-state index contributed by atoms with van der Waals surface area (Å²) in [5, 5.41) is 11.9. The number of rotatable bonds is 6. The first kappa shape index (κ1) is 14.0. The summed E-state index contributed by atoms with van der Waals surface area (Å²) in [6.07, 6.45) is 0.306. The van der Waals surface area contributed by atoms with E-state index in [0.717, 1.165) is 4.47 Å². The second-order valence-electron chi connectivity index (χ2n) is 3.44. The van der Waals surface area contributed by atoms with Gasteiger partial charge in [-0.3, -0.25) is 4.79 Å². The topological polar surface area (TPSA) is 58.6 Å². The minimum atomic E-state index is -0.0874. The highest BCUT2D eigenvalue weighted by atomic mass is 79.9. The van der Waals surface area contributed by atoms with E-state index in [1.54, 1.807) is 6.07 Å². The van der Waals surface area contributed by atoms with Crippen molar-refractivity contribution in [3.8, 4) is 5.75 Å². The van der Waals surface area contributed by atoms with Crippen LogP contribution in [0.3, 0.4) is 0 Å². The molecule has 0 aliphatic rings. The van der Waals surface area contributed by atoms with Gasteiger partial charge in [0.2, 0.25) is 5.91 Å². The minimum absolute atomic E-state index is 0.0369. The summed E-state index contributed by atoms with van der Waals surface area (Å²) in [5.74, 6) is 0.560. The Kier molecular flexibility index (Phi) is 6.00. The van der Waals surface area contributed by atoms with E-state index in [0.29, 0.717) is 30.9 Å². The first-order chi connectivity index (χ1) is 8.19. The Morgan fingerprint density at radius 1 is 1.53 bits per heavy atom. The van der Waals surface area contributed by atoms with Crippen LogP contribution in [0.4, 0.5) is 0 Å². The van der Waals surface area contributed by atoms with Gasteiger partial charge in [0.15, 0.2) is 0 Å². The molecule has 1 aromatic carbocycles. The van der Waals surface area contributed by atoms with Crippen LogP contribution in [-0.4, -0.2) is 24.2 Å². The van der Waals surface area contributed by atoms with Gasteiger partial charge in [0.25, 0.3) is 0 Å². The molecule has 0 aliphatic heterocycles. The van der Waals surface area contributed by atoms with Crippen molar-refractivity contribution in [3.05, 3.63) is 28.2 Å². The van der Waals surface area contributed by atoms with Crippen LogP contribution in [-0.2, 0) is 11.4 Å². The number of hydrogen-bond acceptors (Lipinski definition) is 3. The minimum Gasteiger partial charge on any atom is -0.491 e. The number of benzene rings is 1. The quantitative estimate of drug-likeness (QED) is 0.843. The van der Waals surface area contributed by atoms with Crippen LogP contribution in [0.5, 0.6) is 5.75 Å². The Balaban J connectivity index is 2.54. The first-order valence-corrected chi connectivity index (χ1v) is 6.26. The molecule has 0 unspecified atom stereocenters. The zero-order chi connectivity index (χ0) is 12.7. The highest BCUT2D eigenvalue weighted by molar-refractivity contribution is 9.10. The molecule has 0 spiro atoms. The lowest BCUT2D eigenvalue weighted by Gasteiger charge is -2.11. The van der Waals surface area contributed by atoms with E-state index in [4.69, 9.17) is 9.84 Å². The Labute approximate surface area is 109 Å². The highest BCUT2D eigenvalue weighted by Crippen LogP contribution is 2.29. The summed E-state index contributed by atoms with van der Waals surface area (Å²) >= 11 is 3.35. The summed E-state index contributed by atoms with van der Waals surface area (Å²) < 4.78 is 6.29. The smallest absolute Gasteiger partial charge is 0.223 e. The van der Waals surface area contributed by atoms with Crippen molar-refractivity contribution in [2.75, 3.05) is 13.2 Å². The predicted molar refractivity (Wildman–Crippen MR) is 68.9 cm³/mol. The number of carbonyl (C=O) groups excluding carboxylic acids is 1. The number of amides is 1. The summed E-state index contributed by atoms with van der Waals surface area (Å²) in [6.45, 7) is 2.70. The molecule has 0 aliphatic carbocycles. The van der Waals surface area contributed by atoms with Crippen LogP contribution < -0.4 is 10.1 Å². The van der Waals surface area contributed by atoms with Gasteiger partial charge in [-0.05, 0) is 28.9 Å². The van der Waals surface area contributed by atoms with Gasteiger partial charge in [0.1, 0.15) is 5.75 Å². The third-order valence-corrected chi connectivity index (χ3v) is 2.79. The Hall–Kier alpha value is -1.07. The number of ether oxygens (including phenoxy) is 1. The molecule has 1 amide bonds. The van der Waals surface area contributed by atoms with E-state index in [1.165, 1.54) is 0 Å². The van der Waals surface area contributed by atoms with Crippen molar-refractivity contribution in [2.45, 2.75) is 20.0 Å². The molecule has 5 heteroatoms. The van der Waals surface area contributed by atoms with Crippen molar-refractivity contribution < 1.29 is 14.6 Å². The van der Waals surface area contributed by atoms with Gasteiger partial charge in [0, 0.05) is 12.1 Å². The largest absolute Gasteiger partial charge is 0.491 e. The lowest BCUT2D eigenvalue weighted by Crippen LogP contribution is -2.24. The molecule has 1 rings (SSSR count). The lowest BCUT2D eigenvalue weighted by molar-refractivity contribution is -0.121. The monoisotopic (exact) mass is 301 g/mol. The maximum absolute atomic E-state index is 11.2. The van der Waals surface area contributed by atoms with Crippen molar-refractivity contribution in [2.24, 2.45) is 0 Å². The zero-order valence-electron chi connectivity index (χ0n) is 9.70. The van der Waals surface area contributed by atoms with Crippen LogP contribution >= 0.6 is 15.9 Å². The Morgan fingerprint density at radius 2 is 2.29 bits per heavy atom. The van der Waals surface area contributed by atoms with Crippen LogP contribution in [0.1, 0.15) is 18.9 Å². The normalized spacial score (nSPS) is 10.1. The molecule has 94 valence electrons. The molecular formula is C12H16BrNO3. The second-order valence-corrected chi connectivity index (χ2v) is 4.29. The van der Waals surface area contributed by atoms with E-state index in [9.17, 15) is 4.79 Å². The molecule has 0 fully saturated rings. The molecule has 4 nitrogen and oxygen atoms in total. The number of halogens is 1. The number of hydrogen-bond donors (Lipinski definition) is 2. The van der Waals surface area contributed by atoms with Crippen molar-refractivity contribution in [1.29, 1.82) is 0 Å². The molecule has 0 saturated heterocycles. The first-order valence-electron chi connectivity index (χ1n) is 5.46. The van der Waals surface area contributed by atoms with Crippen LogP contribution in [0, 0.1) is 0 Å². The average Bonchev–Trinajstić information content (AvgIpc) is 2.31. The van der Waals surface area contributed by atoms with Crippen molar-refractivity contribution in [3.63, 3.8) is 0 Å². The van der Waals surface area contributed by atoms with E-state index in [2.05, 4.69) is 21.2 Å². The molecule has 0 atom stereocenters. The number of nitrogens with one attached hydrogen (secondary N) is 1. The molecule has 0 heterocycles. The van der Waals surface area contributed by atoms with Crippen LogP contribution in [0.15, 0.2) is 22.7 Å². The van der Waals surface area contributed by atoms with Crippen LogP contribution in [0.2, 0.25) is 0 Å².